The molecule has 3 rings (SSSR count). The van der Waals surface area contributed by atoms with Gasteiger partial charge in [-0.3, -0.25) is 19.3 Å². The van der Waals surface area contributed by atoms with Crippen molar-refractivity contribution in [2.75, 3.05) is 38.6 Å². The minimum atomic E-state index is -0.931. The lowest BCUT2D eigenvalue weighted by Crippen LogP contribution is -2.59. The molecule has 0 aliphatic carbocycles. The first-order chi connectivity index (χ1) is 24.2. The summed E-state index contributed by atoms with van der Waals surface area (Å²) >= 11 is 0. The number of amides is 4. The van der Waals surface area contributed by atoms with Gasteiger partial charge in [0.15, 0.2) is 0 Å². The summed E-state index contributed by atoms with van der Waals surface area (Å²) in [5, 5.41) is 2.89. The lowest BCUT2D eigenvalue weighted by atomic mass is 9.85. The number of likely N-dealkylation sites (tertiary alicyclic amines) is 1. The van der Waals surface area contributed by atoms with E-state index >= 15 is 0 Å². The summed E-state index contributed by atoms with van der Waals surface area (Å²) in [5.74, 6) is -1.98. The van der Waals surface area contributed by atoms with Crippen LogP contribution in [0.1, 0.15) is 66.9 Å². The number of carbonyl (C=O) groups excluding carboxylic acids is 4. The van der Waals surface area contributed by atoms with Gasteiger partial charge in [-0.05, 0) is 94.3 Å². The van der Waals surface area contributed by atoms with Gasteiger partial charge in [0.25, 0.3) is 5.91 Å². The van der Waals surface area contributed by atoms with Crippen molar-refractivity contribution in [2.45, 2.75) is 91.5 Å². The standard InChI is InChI=1S/C39H54F2N6O5/c1-26(42-25-44(9)31-19-17-30(41)18-20-31)35(49)46(23-21-28-13-15-29(40)16-14-28)24-32-12-11-22-47(32)36(50)33(38(3,4)5)43-34(48)27(2)45(10)37(51)52-39(6,7)8/h13-20,25,27,32-33H,1,11-12,21-24H2,2-10H3,(H,43,48)/b42-25-/t27-,32-,33+/m0/s1. The van der Waals surface area contributed by atoms with Crippen molar-refractivity contribution in [3.8, 4) is 0 Å². The van der Waals surface area contributed by atoms with Gasteiger partial charge in [0, 0.05) is 45.5 Å². The second-order valence-corrected chi connectivity index (χ2v) is 15.3. The number of nitrogens with one attached hydrogen (secondary N) is 1. The van der Waals surface area contributed by atoms with Gasteiger partial charge in [0.1, 0.15) is 35.0 Å². The average Bonchev–Trinajstić information content (AvgIpc) is 3.54. The van der Waals surface area contributed by atoms with E-state index in [9.17, 15) is 28.0 Å². The molecule has 1 N–H and O–H groups in total. The van der Waals surface area contributed by atoms with Crippen LogP contribution < -0.4 is 10.2 Å². The Bertz CT molecular complexity index is 1600. The van der Waals surface area contributed by atoms with Gasteiger partial charge in [-0.1, -0.05) is 39.5 Å². The van der Waals surface area contributed by atoms with Crippen molar-refractivity contribution in [1.82, 2.24) is 20.0 Å². The molecule has 52 heavy (non-hydrogen) atoms. The molecule has 1 fully saturated rings. The van der Waals surface area contributed by atoms with Crippen LogP contribution in [-0.2, 0) is 25.5 Å². The molecule has 284 valence electrons. The van der Waals surface area contributed by atoms with E-state index in [1.165, 1.54) is 42.6 Å². The highest BCUT2D eigenvalue weighted by molar-refractivity contribution is 5.95. The Morgan fingerprint density at radius 3 is 2.13 bits per heavy atom. The zero-order chi connectivity index (χ0) is 39.0. The molecular formula is C39H54F2N6O5. The molecule has 1 saturated heterocycles. The fraction of sp³-hybridized carbons (Fsp3) is 0.513. The smallest absolute Gasteiger partial charge is 0.410 e. The Morgan fingerprint density at radius 1 is 1.00 bits per heavy atom. The molecular weight excluding hydrogens is 670 g/mol. The van der Waals surface area contributed by atoms with Crippen molar-refractivity contribution in [3.05, 3.63) is 78.0 Å². The SMILES string of the molecule is C=C(/N=C\N(C)c1ccc(F)cc1)C(=O)N(CCc1ccc(F)cc1)C[C@@H]1CCCN1C(=O)[C@@H](NC(=O)[C@H](C)N(C)C(=O)OC(C)(C)C)C(C)(C)C. The number of benzene rings is 2. The minimum Gasteiger partial charge on any atom is -0.444 e. The molecule has 13 heteroatoms. The number of nitrogens with zero attached hydrogens (tertiary/aromatic N) is 5. The fourth-order valence-corrected chi connectivity index (χ4v) is 5.64. The fourth-order valence-electron chi connectivity index (χ4n) is 5.64. The third-order valence-corrected chi connectivity index (χ3v) is 8.87. The maximum atomic E-state index is 14.3. The third kappa shape index (κ3) is 11.9. The lowest BCUT2D eigenvalue weighted by Gasteiger charge is -2.38. The highest BCUT2D eigenvalue weighted by atomic mass is 19.1. The van der Waals surface area contributed by atoms with E-state index in [0.717, 1.165) is 5.56 Å². The molecule has 0 aromatic heterocycles. The predicted octanol–water partition coefficient (Wildman–Crippen LogP) is 5.79. The van der Waals surface area contributed by atoms with Gasteiger partial charge < -0.3 is 24.8 Å². The summed E-state index contributed by atoms with van der Waals surface area (Å²) in [4.78, 5) is 64.7. The summed E-state index contributed by atoms with van der Waals surface area (Å²) in [7, 11) is 3.18. The number of likely N-dealkylation sites (N-methyl/N-ethyl adjacent to an activating group) is 1. The Labute approximate surface area is 306 Å². The topological polar surface area (TPSA) is 115 Å². The summed E-state index contributed by atoms with van der Waals surface area (Å²) in [5.41, 5.74) is 0.00673. The maximum Gasteiger partial charge on any atom is 0.410 e. The lowest BCUT2D eigenvalue weighted by molar-refractivity contribution is -0.142. The molecule has 0 radical (unpaired) electrons. The summed E-state index contributed by atoms with van der Waals surface area (Å²) in [6.07, 6.45) is 2.50. The number of hydrogen-bond acceptors (Lipinski definition) is 6. The molecule has 2 aromatic carbocycles. The van der Waals surface area contributed by atoms with Crippen molar-refractivity contribution >= 4 is 35.8 Å². The van der Waals surface area contributed by atoms with Crippen molar-refractivity contribution in [2.24, 2.45) is 10.4 Å². The third-order valence-electron chi connectivity index (χ3n) is 8.87. The average molecular weight is 725 g/mol. The van der Waals surface area contributed by atoms with E-state index in [1.807, 2.05) is 20.8 Å². The normalized spacial score (nSPS) is 15.9. The zero-order valence-corrected chi connectivity index (χ0v) is 31.9. The molecule has 11 nitrogen and oxygen atoms in total. The Balaban J connectivity index is 1.81. The van der Waals surface area contributed by atoms with Crippen molar-refractivity contribution in [3.63, 3.8) is 0 Å². The molecule has 3 atom stereocenters. The van der Waals surface area contributed by atoms with E-state index in [1.54, 1.807) is 73.7 Å². The predicted molar refractivity (Wildman–Crippen MR) is 199 cm³/mol. The molecule has 0 spiro atoms. The maximum absolute atomic E-state index is 14.3. The largest absolute Gasteiger partial charge is 0.444 e. The van der Waals surface area contributed by atoms with E-state index in [-0.39, 0.29) is 42.4 Å². The highest BCUT2D eigenvalue weighted by Crippen LogP contribution is 2.27. The van der Waals surface area contributed by atoms with Crippen LogP contribution in [0.15, 0.2) is 65.8 Å². The highest BCUT2D eigenvalue weighted by Gasteiger charge is 2.41. The van der Waals surface area contributed by atoms with Crippen LogP contribution in [0.3, 0.4) is 0 Å². The first-order valence-corrected chi connectivity index (χ1v) is 17.5. The first kappa shape index (κ1) is 41.6. The number of ether oxygens (including phenoxy) is 1. The van der Waals surface area contributed by atoms with Crippen LogP contribution in [0.25, 0.3) is 0 Å². The van der Waals surface area contributed by atoms with Gasteiger partial charge in [-0.15, -0.1) is 0 Å². The first-order valence-electron chi connectivity index (χ1n) is 17.5. The van der Waals surface area contributed by atoms with Crippen LogP contribution >= 0.6 is 0 Å². The van der Waals surface area contributed by atoms with Crippen LogP contribution in [-0.4, -0.2) is 102 Å². The Hall–Kier alpha value is -4.81. The Morgan fingerprint density at radius 2 is 1.58 bits per heavy atom. The number of hydrogen-bond donors (Lipinski definition) is 1. The molecule has 1 aliphatic rings. The second kappa shape index (κ2) is 17.6. The van der Waals surface area contributed by atoms with Gasteiger partial charge in [0.2, 0.25) is 11.8 Å². The van der Waals surface area contributed by atoms with Gasteiger partial charge in [0.05, 0.1) is 6.34 Å². The number of aliphatic imine (C=N–C) groups is 1. The number of rotatable bonds is 13. The van der Waals surface area contributed by atoms with Crippen molar-refractivity contribution < 1.29 is 32.7 Å². The van der Waals surface area contributed by atoms with Gasteiger partial charge >= 0.3 is 6.09 Å². The summed E-state index contributed by atoms with van der Waals surface area (Å²) < 4.78 is 32.4. The zero-order valence-electron chi connectivity index (χ0n) is 31.9. The van der Waals surface area contributed by atoms with Gasteiger partial charge in [-0.25, -0.2) is 18.6 Å². The van der Waals surface area contributed by atoms with Crippen molar-refractivity contribution in [1.29, 1.82) is 0 Å². The molecule has 2 aromatic rings. The van der Waals surface area contributed by atoms with E-state index in [0.29, 0.717) is 31.5 Å². The molecule has 1 aliphatic heterocycles. The van der Waals surface area contributed by atoms with Crippen LogP contribution in [0.2, 0.25) is 0 Å². The number of halogens is 2. The summed E-state index contributed by atoms with van der Waals surface area (Å²) in [6, 6.07) is 9.63. The quantitative estimate of drug-likeness (QED) is 0.159. The second-order valence-electron chi connectivity index (χ2n) is 15.3. The van der Waals surface area contributed by atoms with Gasteiger partial charge in [-0.2, -0.15) is 0 Å². The molecule has 0 bridgehead atoms. The Kier molecular flexibility index (Phi) is 14.1. The van der Waals surface area contributed by atoms with Crippen LogP contribution in [0.5, 0.6) is 0 Å². The molecule has 4 amide bonds. The van der Waals surface area contributed by atoms with Crippen LogP contribution in [0, 0.1) is 17.0 Å². The summed E-state index contributed by atoms with van der Waals surface area (Å²) in [6.45, 7) is 17.1. The molecule has 1 heterocycles. The molecule has 0 unspecified atom stereocenters. The minimum absolute atomic E-state index is 0.0353. The number of carbonyl (C=O) groups is 4. The molecule has 0 saturated carbocycles. The van der Waals surface area contributed by atoms with E-state index in [2.05, 4.69) is 16.9 Å². The monoisotopic (exact) mass is 724 g/mol. The van der Waals surface area contributed by atoms with E-state index < -0.39 is 41.0 Å². The number of anilines is 1. The van der Waals surface area contributed by atoms with Crippen LogP contribution in [0.4, 0.5) is 19.3 Å². The van der Waals surface area contributed by atoms with E-state index in [4.69, 9.17) is 4.74 Å².